The zero-order valence-corrected chi connectivity index (χ0v) is 12.8. The van der Waals surface area contributed by atoms with E-state index in [4.69, 9.17) is 9.47 Å². The smallest absolute Gasteiger partial charge is 0.119 e. The molecule has 3 nitrogen and oxygen atoms in total. The van der Waals surface area contributed by atoms with Gasteiger partial charge in [-0.3, -0.25) is 0 Å². The normalized spacial score (nSPS) is 10.6. The van der Waals surface area contributed by atoms with E-state index in [9.17, 15) is 0 Å². The number of hydrogen-bond donors (Lipinski definition) is 1. The molecule has 18 heavy (non-hydrogen) atoms. The fraction of sp³-hybridized carbons (Fsp3) is 0.571. The maximum absolute atomic E-state index is 5.70. The Morgan fingerprint density at radius 2 is 2.00 bits per heavy atom. The molecule has 1 N–H and O–H groups in total. The molecule has 1 rings (SSSR count). The van der Waals surface area contributed by atoms with E-state index in [2.05, 4.69) is 34.2 Å². The van der Waals surface area contributed by atoms with Crippen LogP contribution in [0.5, 0.6) is 5.75 Å². The highest BCUT2D eigenvalue weighted by molar-refractivity contribution is 9.10. The van der Waals surface area contributed by atoms with Gasteiger partial charge in [-0.15, -0.1) is 0 Å². The Balaban J connectivity index is 2.05. The van der Waals surface area contributed by atoms with Crippen LogP contribution in [0.3, 0.4) is 0 Å². The third kappa shape index (κ3) is 6.38. The van der Waals surface area contributed by atoms with E-state index in [0.717, 1.165) is 49.4 Å². The summed E-state index contributed by atoms with van der Waals surface area (Å²) in [6.07, 6.45) is 2.19. The summed E-state index contributed by atoms with van der Waals surface area (Å²) in [6, 6.07) is 6.08. The van der Waals surface area contributed by atoms with Crippen molar-refractivity contribution in [1.29, 1.82) is 0 Å². The third-order valence-electron chi connectivity index (χ3n) is 2.63. The van der Waals surface area contributed by atoms with E-state index < -0.39 is 0 Å². The van der Waals surface area contributed by atoms with Crippen LogP contribution >= 0.6 is 15.9 Å². The van der Waals surface area contributed by atoms with E-state index >= 15 is 0 Å². The first-order valence-electron chi connectivity index (χ1n) is 6.32. The van der Waals surface area contributed by atoms with Gasteiger partial charge < -0.3 is 14.8 Å². The second-order valence-electron chi connectivity index (χ2n) is 4.21. The van der Waals surface area contributed by atoms with Crippen LogP contribution in [0.2, 0.25) is 0 Å². The highest BCUT2D eigenvalue weighted by atomic mass is 79.9. The number of unbranched alkanes of at least 4 members (excludes halogenated alkanes) is 1. The van der Waals surface area contributed by atoms with Gasteiger partial charge in [0.1, 0.15) is 5.75 Å². The molecule has 0 radical (unpaired) electrons. The van der Waals surface area contributed by atoms with Gasteiger partial charge in [-0.2, -0.15) is 0 Å². The maximum Gasteiger partial charge on any atom is 0.119 e. The Hall–Kier alpha value is -0.580. The molecule has 0 aliphatic rings. The molecule has 0 spiro atoms. The Labute approximate surface area is 118 Å². The molecule has 0 aliphatic carbocycles. The minimum absolute atomic E-state index is 0.771. The number of aryl methyl sites for hydroxylation is 1. The molecule has 0 heterocycles. The predicted octanol–water partition coefficient (Wildman–Crippen LogP) is 3.15. The first-order chi connectivity index (χ1) is 8.74. The lowest BCUT2D eigenvalue weighted by Crippen LogP contribution is -2.20. The molecule has 1 aromatic rings. The highest BCUT2D eigenvalue weighted by Crippen LogP contribution is 2.21. The molecule has 0 unspecified atom stereocenters. The van der Waals surface area contributed by atoms with Gasteiger partial charge in [0.15, 0.2) is 0 Å². The minimum Gasteiger partial charge on any atom is -0.494 e. The summed E-state index contributed by atoms with van der Waals surface area (Å²) < 4.78 is 11.8. The van der Waals surface area contributed by atoms with E-state index in [1.165, 1.54) is 5.56 Å². The summed E-state index contributed by atoms with van der Waals surface area (Å²) in [7, 11) is 1.72. The topological polar surface area (TPSA) is 30.5 Å². The highest BCUT2D eigenvalue weighted by Gasteiger charge is 1.98. The van der Waals surface area contributed by atoms with Crippen LogP contribution in [-0.2, 0) is 4.74 Å². The zero-order chi connectivity index (χ0) is 13.2. The second kappa shape index (κ2) is 9.36. The Kier molecular flexibility index (Phi) is 8.05. The Morgan fingerprint density at radius 3 is 2.72 bits per heavy atom. The number of rotatable bonds is 9. The fourth-order valence-corrected chi connectivity index (χ4v) is 1.79. The van der Waals surface area contributed by atoms with Crippen molar-refractivity contribution < 1.29 is 9.47 Å². The quantitative estimate of drug-likeness (QED) is 0.710. The summed E-state index contributed by atoms with van der Waals surface area (Å²) >= 11 is 3.48. The van der Waals surface area contributed by atoms with Crippen LogP contribution in [0, 0.1) is 6.92 Å². The summed E-state index contributed by atoms with van der Waals surface area (Å²) in [5.41, 5.74) is 1.20. The van der Waals surface area contributed by atoms with Crippen molar-refractivity contribution in [2.75, 3.05) is 33.4 Å². The fourth-order valence-electron chi connectivity index (χ4n) is 1.55. The predicted molar refractivity (Wildman–Crippen MR) is 78.4 cm³/mol. The van der Waals surface area contributed by atoms with Crippen molar-refractivity contribution in [2.24, 2.45) is 0 Å². The van der Waals surface area contributed by atoms with Crippen molar-refractivity contribution in [2.45, 2.75) is 19.8 Å². The van der Waals surface area contributed by atoms with Gasteiger partial charge in [-0.05, 0) is 50.1 Å². The van der Waals surface area contributed by atoms with Crippen molar-refractivity contribution >= 4 is 15.9 Å². The van der Waals surface area contributed by atoms with Gasteiger partial charge in [-0.25, -0.2) is 0 Å². The van der Waals surface area contributed by atoms with Crippen LogP contribution in [0.4, 0.5) is 0 Å². The van der Waals surface area contributed by atoms with Crippen molar-refractivity contribution in [3.8, 4) is 5.75 Å². The molecule has 0 amide bonds. The lowest BCUT2D eigenvalue weighted by molar-refractivity contribution is 0.199. The number of ether oxygens (including phenoxy) is 2. The largest absolute Gasteiger partial charge is 0.494 e. The molecule has 0 aromatic heterocycles. The van der Waals surface area contributed by atoms with E-state index in [1.807, 2.05) is 12.1 Å². The van der Waals surface area contributed by atoms with Gasteiger partial charge in [-0.1, -0.05) is 15.9 Å². The lowest BCUT2D eigenvalue weighted by atomic mass is 10.2. The molecular formula is C14H22BrNO2. The van der Waals surface area contributed by atoms with E-state index in [-0.39, 0.29) is 0 Å². The van der Waals surface area contributed by atoms with Gasteiger partial charge >= 0.3 is 0 Å². The van der Waals surface area contributed by atoms with Gasteiger partial charge in [0.25, 0.3) is 0 Å². The van der Waals surface area contributed by atoms with Crippen molar-refractivity contribution in [3.63, 3.8) is 0 Å². The summed E-state index contributed by atoms with van der Waals surface area (Å²) in [6.45, 7) is 5.55. The second-order valence-corrected chi connectivity index (χ2v) is 5.06. The average Bonchev–Trinajstić information content (AvgIpc) is 2.37. The number of halogens is 1. The SMILES string of the molecule is COCCNCCCCOc1ccc(Br)c(C)c1. The lowest BCUT2D eigenvalue weighted by Gasteiger charge is -2.08. The summed E-state index contributed by atoms with van der Waals surface area (Å²) in [4.78, 5) is 0. The van der Waals surface area contributed by atoms with Crippen LogP contribution in [0.25, 0.3) is 0 Å². The van der Waals surface area contributed by atoms with Crippen LogP contribution in [0.15, 0.2) is 22.7 Å². The average molecular weight is 316 g/mol. The number of nitrogens with one attached hydrogen (secondary N) is 1. The monoisotopic (exact) mass is 315 g/mol. The van der Waals surface area contributed by atoms with E-state index in [0.29, 0.717) is 0 Å². The van der Waals surface area contributed by atoms with Crippen molar-refractivity contribution in [3.05, 3.63) is 28.2 Å². The molecular weight excluding hydrogens is 294 g/mol. The molecule has 1 aromatic carbocycles. The third-order valence-corrected chi connectivity index (χ3v) is 3.52. The molecule has 0 saturated heterocycles. The standard InChI is InChI=1S/C14H22BrNO2/c1-12-11-13(5-6-14(12)15)18-9-4-3-7-16-8-10-17-2/h5-6,11,16H,3-4,7-10H2,1-2H3. The summed E-state index contributed by atoms with van der Waals surface area (Å²) in [5, 5.41) is 3.31. The van der Waals surface area contributed by atoms with Crippen LogP contribution in [0.1, 0.15) is 18.4 Å². The van der Waals surface area contributed by atoms with Gasteiger partial charge in [0.2, 0.25) is 0 Å². The molecule has 0 atom stereocenters. The maximum atomic E-state index is 5.70. The molecule has 0 bridgehead atoms. The number of benzene rings is 1. The Bertz CT molecular complexity index is 345. The molecule has 0 fully saturated rings. The number of hydrogen-bond acceptors (Lipinski definition) is 3. The van der Waals surface area contributed by atoms with Crippen LogP contribution < -0.4 is 10.1 Å². The summed E-state index contributed by atoms with van der Waals surface area (Å²) in [5.74, 6) is 0.947. The molecule has 0 aliphatic heterocycles. The van der Waals surface area contributed by atoms with Crippen LogP contribution in [-0.4, -0.2) is 33.4 Å². The first kappa shape index (κ1) is 15.5. The molecule has 102 valence electrons. The van der Waals surface area contributed by atoms with Gasteiger partial charge in [0, 0.05) is 18.1 Å². The minimum atomic E-state index is 0.771. The van der Waals surface area contributed by atoms with Gasteiger partial charge in [0.05, 0.1) is 13.2 Å². The molecule has 4 heteroatoms. The van der Waals surface area contributed by atoms with E-state index in [1.54, 1.807) is 7.11 Å². The zero-order valence-electron chi connectivity index (χ0n) is 11.2. The Morgan fingerprint density at radius 1 is 1.17 bits per heavy atom. The van der Waals surface area contributed by atoms with Crippen molar-refractivity contribution in [1.82, 2.24) is 5.32 Å². The first-order valence-corrected chi connectivity index (χ1v) is 7.12. The molecule has 0 saturated carbocycles. The number of methoxy groups -OCH3 is 1.